The molecule has 3 atom stereocenters. The molecule has 1 aliphatic heterocycles. The average molecular weight is 171 g/mol. The van der Waals surface area contributed by atoms with E-state index in [-0.39, 0.29) is 6.04 Å². The number of aldehydes is 1. The van der Waals surface area contributed by atoms with E-state index in [4.69, 9.17) is 0 Å². The first kappa shape index (κ1) is 9.68. The van der Waals surface area contributed by atoms with Crippen LogP contribution in [0.4, 0.5) is 0 Å². The minimum atomic E-state index is -0.820. The lowest BCUT2D eigenvalue weighted by Crippen LogP contribution is -2.46. The van der Waals surface area contributed by atoms with Crippen molar-refractivity contribution in [3.05, 3.63) is 0 Å². The Kier molecular flexibility index (Phi) is 3.69. The fraction of sp³-hybridized carbons (Fsp3) is 0.889. The van der Waals surface area contributed by atoms with Crippen molar-refractivity contribution in [3.8, 4) is 0 Å². The summed E-state index contributed by atoms with van der Waals surface area (Å²) in [6.45, 7) is 3.08. The van der Waals surface area contributed by atoms with Crippen molar-refractivity contribution in [2.24, 2.45) is 5.92 Å². The van der Waals surface area contributed by atoms with E-state index in [0.717, 1.165) is 19.4 Å². The molecule has 70 valence electrons. The second kappa shape index (κ2) is 4.58. The van der Waals surface area contributed by atoms with E-state index in [1.807, 2.05) is 0 Å². The number of hydrogen-bond donors (Lipinski definition) is 2. The number of nitrogens with one attached hydrogen (secondary N) is 1. The number of carbonyl (C=O) groups is 1. The lowest BCUT2D eigenvalue weighted by atomic mass is 9.88. The third-order valence-electron chi connectivity index (χ3n) is 2.68. The zero-order valence-electron chi connectivity index (χ0n) is 7.49. The summed E-state index contributed by atoms with van der Waals surface area (Å²) < 4.78 is 0. The summed E-state index contributed by atoms with van der Waals surface area (Å²) in [5, 5.41) is 12.4. The van der Waals surface area contributed by atoms with Crippen LogP contribution in [0.3, 0.4) is 0 Å². The molecular formula is C9H17NO2. The van der Waals surface area contributed by atoms with Gasteiger partial charge in [0.05, 0.1) is 0 Å². The molecule has 3 unspecified atom stereocenters. The van der Waals surface area contributed by atoms with Crippen LogP contribution in [0.2, 0.25) is 0 Å². The minimum Gasteiger partial charge on any atom is -0.384 e. The van der Waals surface area contributed by atoms with Crippen LogP contribution in [0.25, 0.3) is 0 Å². The van der Waals surface area contributed by atoms with Gasteiger partial charge in [0.15, 0.2) is 0 Å². The highest BCUT2D eigenvalue weighted by Gasteiger charge is 2.25. The van der Waals surface area contributed by atoms with E-state index in [9.17, 15) is 9.90 Å². The van der Waals surface area contributed by atoms with Crippen molar-refractivity contribution < 1.29 is 9.90 Å². The van der Waals surface area contributed by atoms with Gasteiger partial charge in [-0.2, -0.15) is 0 Å². The first-order valence-corrected chi connectivity index (χ1v) is 4.64. The zero-order chi connectivity index (χ0) is 8.97. The van der Waals surface area contributed by atoms with Crippen LogP contribution >= 0.6 is 0 Å². The first-order valence-electron chi connectivity index (χ1n) is 4.64. The smallest absolute Gasteiger partial charge is 0.150 e. The molecule has 1 fully saturated rings. The monoisotopic (exact) mass is 171 g/mol. The quantitative estimate of drug-likeness (QED) is 0.601. The number of piperidine rings is 1. The minimum absolute atomic E-state index is 0.0128. The molecule has 2 N–H and O–H groups in total. The van der Waals surface area contributed by atoms with Crippen LogP contribution in [0.1, 0.15) is 26.2 Å². The zero-order valence-corrected chi connectivity index (χ0v) is 7.49. The molecule has 0 aromatic carbocycles. The summed E-state index contributed by atoms with van der Waals surface area (Å²) in [5.74, 6) is 0.672. The van der Waals surface area contributed by atoms with Crippen molar-refractivity contribution in [3.63, 3.8) is 0 Å². The van der Waals surface area contributed by atoms with E-state index in [0.29, 0.717) is 12.2 Å². The van der Waals surface area contributed by atoms with Crippen LogP contribution in [-0.2, 0) is 4.79 Å². The summed E-state index contributed by atoms with van der Waals surface area (Å²) in [4.78, 5) is 10.3. The van der Waals surface area contributed by atoms with E-state index in [2.05, 4.69) is 12.2 Å². The normalized spacial score (nSPS) is 32.8. The average Bonchev–Trinajstić information content (AvgIpc) is 2.17. The fourth-order valence-electron chi connectivity index (χ4n) is 1.76. The number of rotatable bonds is 3. The number of aliphatic hydroxyl groups is 1. The Morgan fingerprint density at radius 3 is 3.08 bits per heavy atom. The summed E-state index contributed by atoms with van der Waals surface area (Å²) in [6, 6.07) is -0.0128. The highest BCUT2D eigenvalue weighted by Crippen LogP contribution is 2.20. The van der Waals surface area contributed by atoms with Crippen LogP contribution in [0.5, 0.6) is 0 Å². The maximum Gasteiger partial charge on any atom is 0.150 e. The van der Waals surface area contributed by atoms with Crippen molar-refractivity contribution >= 4 is 6.29 Å². The van der Waals surface area contributed by atoms with Gasteiger partial charge in [-0.1, -0.05) is 13.3 Å². The number of aliphatic hydroxyl groups excluding tert-OH is 1. The van der Waals surface area contributed by atoms with Crippen LogP contribution < -0.4 is 5.32 Å². The molecule has 1 aliphatic rings. The van der Waals surface area contributed by atoms with Gasteiger partial charge in [0.25, 0.3) is 0 Å². The van der Waals surface area contributed by atoms with Crippen molar-refractivity contribution in [1.82, 2.24) is 5.32 Å². The largest absolute Gasteiger partial charge is 0.384 e. The molecule has 0 saturated carbocycles. The predicted octanol–water partition coefficient (Wildman–Crippen LogP) is 0.324. The Morgan fingerprint density at radius 2 is 2.50 bits per heavy atom. The maximum absolute atomic E-state index is 10.3. The van der Waals surface area contributed by atoms with Crippen LogP contribution in [-0.4, -0.2) is 30.1 Å². The van der Waals surface area contributed by atoms with Crippen LogP contribution in [0, 0.1) is 5.92 Å². The van der Waals surface area contributed by atoms with E-state index in [1.165, 1.54) is 6.42 Å². The van der Waals surface area contributed by atoms with Gasteiger partial charge >= 0.3 is 0 Å². The van der Waals surface area contributed by atoms with Crippen molar-refractivity contribution in [2.75, 3.05) is 6.54 Å². The standard InChI is InChI=1S/C9H17NO2/c1-2-7-3-4-10-8(5-7)9(12)6-11/h6-10,12H,2-5H2,1H3. The van der Waals surface area contributed by atoms with Gasteiger partial charge in [0.2, 0.25) is 0 Å². The lowest BCUT2D eigenvalue weighted by molar-refractivity contribution is -0.116. The third-order valence-corrected chi connectivity index (χ3v) is 2.68. The Labute approximate surface area is 73.2 Å². The van der Waals surface area contributed by atoms with E-state index < -0.39 is 6.10 Å². The molecule has 0 radical (unpaired) electrons. The summed E-state index contributed by atoms with van der Waals surface area (Å²) in [5.41, 5.74) is 0. The van der Waals surface area contributed by atoms with Gasteiger partial charge in [0.1, 0.15) is 12.4 Å². The molecule has 3 heteroatoms. The number of carbonyl (C=O) groups excluding carboxylic acids is 1. The Morgan fingerprint density at radius 1 is 1.75 bits per heavy atom. The molecule has 0 bridgehead atoms. The van der Waals surface area contributed by atoms with E-state index in [1.54, 1.807) is 0 Å². The number of hydrogen-bond acceptors (Lipinski definition) is 3. The molecule has 0 spiro atoms. The predicted molar refractivity (Wildman–Crippen MR) is 46.9 cm³/mol. The van der Waals surface area contributed by atoms with Gasteiger partial charge in [-0.25, -0.2) is 0 Å². The fourth-order valence-corrected chi connectivity index (χ4v) is 1.76. The van der Waals surface area contributed by atoms with Crippen molar-refractivity contribution in [1.29, 1.82) is 0 Å². The SMILES string of the molecule is CCC1CCNC(C(O)C=O)C1. The van der Waals surface area contributed by atoms with Gasteiger partial charge in [-0.15, -0.1) is 0 Å². The van der Waals surface area contributed by atoms with E-state index >= 15 is 0 Å². The molecule has 12 heavy (non-hydrogen) atoms. The molecule has 1 saturated heterocycles. The summed E-state index contributed by atoms with van der Waals surface area (Å²) in [6.07, 6.45) is 3.04. The summed E-state index contributed by atoms with van der Waals surface area (Å²) >= 11 is 0. The molecule has 0 aliphatic carbocycles. The molecule has 1 rings (SSSR count). The summed E-state index contributed by atoms with van der Waals surface area (Å²) in [7, 11) is 0. The van der Waals surface area contributed by atoms with Gasteiger partial charge in [-0.05, 0) is 25.3 Å². The highest BCUT2D eigenvalue weighted by molar-refractivity contribution is 5.56. The molecule has 1 heterocycles. The molecule has 0 aromatic rings. The molecule has 0 amide bonds. The lowest BCUT2D eigenvalue weighted by Gasteiger charge is -2.30. The van der Waals surface area contributed by atoms with Gasteiger partial charge < -0.3 is 15.2 Å². The third kappa shape index (κ3) is 2.29. The molecule has 3 nitrogen and oxygen atoms in total. The second-order valence-corrected chi connectivity index (χ2v) is 3.49. The van der Waals surface area contributed by atoms with Crippen LogP contribution in [0.15, 0.2) is 0 Å². The Bertz CT molecular complexity index is 149. The second-order valence-electron chi connectivity index (χ2n) is 3.49. The Balaban J connectivity index is 2.39. The topological polar surface area (TPSA) is 49.3 Å². The first-order chi connectivity index (χ1) is 5.77. The maximum atomic E-state index is 10.3. The highest BCUT2D eigenvalue weighted by atomic mass is 16.3. The van der Waals surface area contributed by atoms with Gasteiger partial charge in [0, 0.05) is 6.04 Å². The Hall–Kier alpha value is -0.410. The van der Waals surface area contributed by atoms with Gasteiger partial charge in [-0.3, -0.25) is 0 Å². The molecule has 0 aromatic heterocycles. The van der Waals surface area contributed by atoms with Crippen molar-refractivity contribution in [2.45, 2.75) is 38.3 Å². The molecular weight excluding hydrogens is 154 g/mol.